The van der Waals surface area contributed by atoms with Crippen molar-refractivity contribution >= 4 is 21.8 Å². The Kier molecular flexibility index (Phi) is 4.03. The van der Waals surface area contributed by atoms with Crippen molar-refractivity contribution in [3.05, 3.63) is 0 Å². The van der Waals surface area contributed by atoms with Crippen LogP contribution >= 0.6 is 15.9 Å². The van der Waals surface area contributed by atoms with E-state index in [1.54, 1.807) is 0 Å². The van der Waals surface area contributed by atoms with Crippen LogP contribution in [0.4, 0.5) is 13.2 Å². The number of hydrogen-bond acceptors (Lipinski definition) is 1. The highest BCUT2D eigenvalue weighted by atomic mass is 79.9. The van der Waals surface area contributed by atoms with Gasteiger partial charge in [-0.05, 0) is 25.7 Å². The molecule has 0 aromatic rings. The average Bonchev–Trinajstić information content (AvgIpc) is 2.84. The van der Waals surface area contributed by atoms with E-state index in [9.17, 15) is 18.0 Å². The van der Waals surface area contributed by atoms with Gasteiger partial charge in [-0.3, -0.25) is 4.79 Å². The van der Waals surface area contributed by atoms with Crippen LogP contribution in [0.15, 0.2) is 0 Å². The van der Waals surface area contributed by atoms with E-state index in [0.717, 1.165) is 11.8 Å². The molecular formula is C9H13BrF3NO. The first-order valence-corrected chi connectivity index (χ1v) is 5.97. The fourth-order valence-corrected chi connectivity index (χ4v) is 1.71. The van der Waals surface area contributed by atoms with Crippen LogP contribution in [-0.4, -0.2) is 23.0 Å². The summed E-state index contributed by atoms with van der Waals surface area (Å²) in [7, 11) is 0. The minimum atomic E-state index is -4.31. The predicted molar refractivity (Wildman–Crippen MR) is 53.8 cm³/mol. The number of carbonyl (C=O) groups is 1. The van der Waals surface area contributed by atoms with Gasteiger partial charge in [0.05, 0.1) is 0 Å². The number of rotatable bonds is 5. The highest BCUT2D eigenvalue weighted by molar-refractivity contribution is 9.09. The number of halogens is 4. The maximum absolute atomic E-state index is 12.4. The SMILES string of the molecule is O=C(CCCCBr)NC1(C(F)(F)F)CC1. The van der Waals surface area contributed by atoms with Gasteiger partial charge >= 0.3 is 6.18 Å². The molecule has 6 heteroatoms. The monoisotopic (exact) mass is 287 g/mol. The molecule has 0 radical (unpaired) electrons. The summed E-state index contributed by atoms with van der Waals surface area (Å²) in [5, 5.41) is 2.86. The fourth-order valence-electron chi connectivity index (χ4n) is 1.31. The van der Waals surface area contributed by atoms with Crippen molar-refractivity contribution in [3.63, 3.8) is 0 Å². The van der Waals surface area contributed by atoms with E-state index in [4.69, 9.17) is 0 Å². The summed E-state index contributed by atoms with van der Waals surface area (Å²) >= 11 is 3.19. The summed E-state index contributed by atoms with van der Waals surface area (Å²) in [5.41, 5.74) is -1.90. The van der Waals surface area contributed by atoms with Gasteiger partial charge in [0.25, 0.3) is 0 Å². The second-order valence-corrected chi connectivity index (χ2v) is 4.57. The molecule has 0 aromatic carbocycles. The molecule has 1 fully saturated rings. The van der Waals surface area contributed by atoms with Crippen LogP contribution in [0.25, 0.3) is 0 Å². The number of carbonyl (C=O) groups excluding carboxylic acids is 1. The van der Waals surface area contributed by atoms with Gasteiger partial charge in [-0.2, -0.15) is 13.2 Å². The number of alkyl halides is 4. The number of hydrogen-bond donors (Lipinski definition) is 1. The largest absolute Gasteiger partial charge is 0.411 e. The van der Waals surface area contributed by atoms with Crippen molar-refractivity contribution in [2.75, 3.05) is 5.33 Å². The Labute approximate surface area is 94.7 Å². The molecule has 1 saturated carbocycles. The minimum Gasteiger partial charge on any atom is -0.342 e. The zero-order chi connectivity index (χ0) is 11.5. The van der Waals surface area contributed by atoms with Crippen molar-refractivity contribution in [1.29, 1.82) is 0 Å². The first-order valence-electron chi connectivity index (χ1n) is 4.85. The molecule has 1 aliphatic carbocycles. The lowest BCUT2D eigenvalue weighted by Gasteiger charge is -2.20. The first-order chi connectivity index (χ1) is 6.91. The molecule has 1 rings (SSSR count). The van der Waals surface area contributed by atoms with Gasteiger partial charge in [0, 0.05) is 11.8 Å². The molecule has 1 aliphatic rings. The third kappa shape index (κ3) is 3.36. The molecule has 0 bridgehead atoms. The predicted octanol–water partition coefficient (Wildman–Crippen LogP) is 2.76. The van der Waals surface area contributed by atoms with Gasteiger partial charge in [0.2, 0.25) is 5.91 Å². The molecule has 0 aliphatic heterocycles. The molecule has 0 atom stereocenters. The van der Waals surface area contributed by atoms with Crippen LogP contribution in [0.3, 0.4) is 0 Å². The van der Waals surface area contributed by atoms with Crippen LogP contribution in [0.5, 0.6) is 0 Å². The molecule has 1 amide bonds. The Morgan fingerprint density at radius 1 is 1.33 bits per heavy atom. The van der Waals surface area contributed by atoms with Crippen molar-refractivity contribution < 1.29 is 18.0 Å². The van der Waals surface area contributed by atoms with Gasteiger partial charge in [-0.25, -0.2) is 0 Å². The summed E-state index contributed by atoms with van der Waals surface area (Å²) < 4.78 is 37.3. The summed E-state index contributed by atoms with van der Waals surface area (Å²) in [5.74, 6) is -0.495. The molecule has 0 aromatic heterocycles. The van der Waals surface area contributed by atoms with E-state index in [1.165, 1.54) is 0 Å². The molecule has 0 unspecified atom stereocenters. The molecule has 88 valence electrons. The summed E-state index contributed by atoms with van der Waals surface area (Å²) in [6.45, 7) is 0. The molecule has 0 heterocycles. The van der Waals surface area contributed by atoms with Crippen LogP contribution in [0, 0.1) is 0 Å². The Hall–Kier alpha value is -0.260. The van der Waals surface area contributed by atoms with Crippen molar-refractivity contribution in [3.8, 4) is 0 Å². The molecule has 0 saturated heterocycles. The first kappa shape index (κ1) is 12.8. The van der Waals surface area contributed by atoms with E-state index in [2.05, 4.69) is 21.2 Å². The molecule has 1 N–H and O–H groups in total. The highest BCUT2D eigenvalue weighted by Crippen LogP contribution is 2.48. The maximum Gasteiger partial charge on any atom is 0.411 e. The van der Waals surface area contributed by atoms with E-state index < -0.39 is 17.6 Å². The van der Waals surface area contributed by atoms with Crippen LogP contribution in [0.2, 0.25) is 0 Å². The van der Waals surface area contributed by atoms with Gasteiger partial charge in [-0.1, -0.05) is 15.9 Å². The minimum absolute atomic E-state index is 0.0146. The second kappa shape index (κ2) is 4.72. The summed E-state index contributed by atoms with van der Waals surface area (Å²) in [6, 6.07) is 0. The fraction of sp³-hybridized carbons (Fsp3) is 0.889. The molecule has 0 spiro atoms. The maximum atomic E-state index is 12.4. The lowest BCUT2D eigenvalue weighted by molar-refractivity contribution is -0.170. The zero-order valence-corrected chi connectivity index (χ0v) is 9.75. The van der Waals surface area contributed by atoms with Gasteiger partial charge < -0.3 is 5.32 Å². The lowest BCUT2D eigenvalue weighted by atomic mass is 10.2. The van der Waals surface area contributed by atoms with E-state index in [0.29, 0.717) is 6.42 Å². The normalized spacial score (nSPS) is 18.7. The van der Waals surface area contributed by atoms with E-state index in [-0.39, 0.29) is 19.3 Å². The van der Waals surface area contributed by atoms with Crippen molar-refractivity contribution in [1.82, 2.24) is 5.32 Å². The Balaban J connectivity index is 2.32. The molecule has 15 heavy (non-hydrogen) atoms. The van der Waals surface area contributed by atoms with Crippen molar-refractivity contribution in [2.45, 2.75) is 43.8 Å². The van der Waals surface area contributed by atoms with E-state index >= 15 is 0 Å². The van der Waals surface area contributed by atoms with Crippen molar-refractivity contribution in [2.24, 2.45) is 0 Å². The molecule has 2 nitrogen and oxygen atoms in total. The number of amides is 1. The van der Waals surface area contributed by atoms with Crippen LogP contribution in [-0.2, 0) is 4.79 Å². The third-order valence-corrected chi connectivity index (χ3v) is 3.02. The van der Waals surface area contributed by atoms with Gasteiger partial charge in [-0.15, -0.1) is 0 Å². The molecular weight excluding hydrogens is 275 g/mol. The number of unbranched alkanes of at least 4 members (excludes halogenated alkanes) is 1. The Morgan fingerprint density at radius 2 is 1.93 bits per heavy atom. The van der Waals surface area contributed by atoms with Gasteiger partial charge in [0.15, 0.2) is 0 Å². The third-order valence-electron chi connectivity index (χ3n) is 2.46. The smallest absolute Gasteiger partial charge is 0.342 e. The Bertz CT molecular complexity index is 238. The quantitative estimate of drug-likeness (QED) is 0.611. The standard InChI is InChI=1S/C9H13BrF3NO/c10-6-2-1-3-7(15)14-8(4-5-8)9(11,12)13/h1-6H2,(H,14,15). The second-order valence-electron chi connectivity index (χ2n) is 3.77. The van der Waals surface area contributed by atoms with E-state index in [1.807, 2.05) is 0 Å². The topological polar surface area (TPSA) is 29.1 Å². The van der Waals surface area contributed by atoms with Crippen LogP contribution < -0.4 is 5.32 Å². The number of nitrogens with one attached hydrogen (secondary N) is 1. The highest BCUT2D eigenvalue weighted by Gasteiger charge is 2.64. The zero-order valence-electron chi connectivity index (χ0n) is 8.16. The summed E-state index contributed by atoms with van der Waals surface area (Å²) in [6.07, 6.45) is -2.69. The lowest BCUT2D eigenvalue weighted by Crippen LogP contribution is -2.47. The summed E-state index contributed by atoms with van der Waals surface area (Å²) in [4.78, 5) is 11.2. The Morgan fingerprint density at radius 3 is 2.33 bits per heavy atom. The average molecular weight is 288 g/mol. The van der Waals surface area contributed by atoms with Gasteiger partial charge in [0.1, 0.15) is 5.54 Å². The van der Waals surface area contributed by atoms with Crippen LogP contribution in [0.1, 0.15) is 32.1 Å².